The number of hydrogen-bond acceptors (Lipinski definition) is 3. The van der Waals surface area contributed by atoms with Gasteiger partial charge in [0.15, 0.2) is 0 Å². The van der Waals surface area contributed by atoms with Crippen LogP contribution in [0.1, 0.15) is 10.4 Å². The van der Waals surface area contributed by atoms with Crippen LogP contribution in [0.4, 0.5) is 5.69 Å². The number of amides is 1. The van der Waals surface area contributed by atoms with Crippen LogP contribution in [0.25, 0.3) is 21.5 Å². The largest absolute Gasteiger partial charge is 0.321 e. The monoisotopic (exact) mass is 432 g/mol. The Labute approximate surface area is 174 Å². The van der Waals surface area contributed by atoms with Crippen LogP contribution in [0.2, 0.25) is 14.4 Å². The highest BCUT2D eigenvalue weighted by atomic mass is 35.5. The van der Waals surface area contributed by atoms with Crippen LogP contribution in [0.3, 0.4) is 0 Å². The topological polar surface area (TPSA) is 42.0 Å². The van der Waals surface area contributed by atoms with Crippen molar-refractivity contribution in [3.63, 3.8) is 0 Å². The van der Waals surface area contributed by atoms with Crippen molar-refractivity contribution < 1.29 is 4.79 Å². The molecule has 0 spiro atoms. The summed E-state index contributed by atoms with van der Waals surface area (Å²) in [6.07, 6.45) is 0. The Morgan fingerprint density at radius 2 is 1.78 bits per heavy atom. The Morgan fingerprint density at radius 1 is 0.963 bits per heavy atom. The highest BCUT2D eigenvalue weighted by molar-refractivity contribution is 7.19. The molecule has 3 nitrogen and oxygen atoms in total. The first-order chi connectivity index (χ1) is 13.0. The van der Waals surface area contributed by atoms with E-state index >= 15 is 0 Å². The number of nitrogens with zero attached hydrogens (tertiary/aromatic N) is 1. The molecule has 7 heteroatoms. The van der Waals surface area contributed by atoms with E-state index in [1.165, 1.54) is 11.3 Å². The van der Waals surface area contributed by atoms with Gasteiger partial charge in [0, 0.05) is 10.4 Å². The maximum atomic E-state index is 13.0. The van der Waals surface area contributed by atoms with Crippen LogP contribution >= 0.6 is 46.1 Å². The van der Waals surface area contributed by atoms with Crippen molar-refractivity contribution in [2.45, 2.75) is 0 Å². The second-order valence-electron chi connectivity index (χ2n) is 5.75. The zero-order chi connectivity index (χ0) is 19.0. The number of pyridine rings is 1. The van der Waals surface area contributed by atoms with Gasteiger partial charge in [-0.1, -0.05) is 53.0 Å². The summed E-state index contributed by atoms with van der Waals surface area (Å²) >= 11 is 19.7. The van der Waals surface area contributed by atoms with E-state index in [4.69, 9.17) is 34.8 Å². The van der Waals surface area contributed by atoms with Crippen molar-refractivity contribution in [1.82, 2.24) is 4.98 Å². The number of carbonyl (C=O) groups excluding carboxylic acids is 1. The maximum Gasteiger partial charge on any atom is 0.256 e. The number of hydrogen-bond donors (Lipinski definition) is 1. The van der Waals surface area contributed by atoms with E-state index in [0.29, 0.717) is 31.3 Å². The van der Waals surface area contributed by atoms with Gasteiger partial charge < -0.3 is 5.32 Å². The van der Waals surface area contributed by atoms with Crippen molar-refractivity contribution in [3.05, 3.63) is 80.6 Å². The molecule has 0 saturated carbocycles. The minimum absolute atomic E-state index is 0.290. The molecular weight excluding hydrogens is 423 g/mol. The van der Waals surface area contributed by atoms with Crippen molar-refractivity contribution in [1.29, 1.82) is 0 Å². The van der Waals surface area contributed by atoms with Gasteiger partial charge in [-0.05, 0) is 42.5 Å². The second-order valence-corrected chi connectivity index (χ2v) is 8.31. The van der Waals surface area contributed by atoms with Crippen LogP contribution in [-0.4, -0.2) is 10.9 Å². The number of para-hydroxylation sites is 1. The third kappa shape index (κ3) is 3.80. The summed E-state index contributed by atoms with van der Waals surface area (Å²) in [6, 6.07) is 17.9. The number of carbonyl (C=O) groups is 1. The molecule has 0 atom stereocenters. The lowest BCUT2D eigenvalue weighted by molar-refractivity contribution is 0.102. The van der Waals surface area contributed by atoms with Gasteiger partial charge in [-0.25, -0.2) is 4.98 Å². The maximum absolute atomic E-state index is 13.0. The predicted octanol–water partition coefficient (Wildman–Crippen LogP) is 7.18. The molecule has 134 valence electrons. The SMILES string of the molecule is O=C(Nc1cc(Cl)ccc1Cl)c1cc(-c2ccc(Cl)s2)nc2ccccc12. The molecule has 1 amide bonds. The molecule has 0 aliphatic heterocycles. The first-order valence-corrected chi connectivity index (χ1v) is 9.88. The van der Waals surface area contributed by atoms with Gasteiger partial charge in [-0.3, -0.25) is 4.79 Å². The van der Waals surface area contributed by atoms with E-state index in [1.807, 2.05) is 36.4 Å². The molecule has 0 bridgehead atoms. The summed E-state index contributed by atoms with van der Waals surface area (Å²) in [5.74, 6) is -0.290. The smallest absolute Gasteiger partial charge is 0.256 e. The van der Waals surface area contributed by atoms with Gasteiger partial charge in [0.2, 0.25) is 0 Å². The average Bonchev–Trinajstić information content (AvgIpc) is 3.10. The molecule has 2 aromatic heterocycles. The summed E-state index contributed by atoms with van der Waals surface area (Å²) in [7, 11) is 0. The summed E-state index contributed by atoms with van der Waals surface area (Å²) in [6.45, 7) is 0. The third-order valence-electron chi connectivity index (χ3n) is 3.96. The molecule has 2 aromatic carbocycles. The molecule has 0 unspecified atom stereocenters. The van der Waals surface area contributed by atoms with Gasteiger partial charge in [-0.2, -0.15) is 0 Å². The number of rotatable bonds is 3. The average molecular weight is 434 g/mol. The lowest BCUT2D eigenvalue weighted by Crippen LogP contribution is -2.13. The molecule has 4 aromatic rings. The molecule has 0 radical (unpaired) electrons. The molecule has 0 saturated heterocycles. The lowest BCUT2D eigenvalue weighted by atomic mass is 10.1. The van der Waals surface area contributed by atoms with E-state index in [2.05, 4.69) is 10.3 Å². The molecule has 0 aliphatic rings. The Kier molecular flexibility index (Phi) is 5.06. The fourth-order valence-electron chi connectivity index (χ4n) is 2.72. The standard InChI is InChI=1S/C20H11Cl3N2OS/c21-11-5-6-14(22)16(9-11)25-20(26)13-10-17(18-7-8-19(23)27-18)24-15-4-2-1-3-12(13)15/h1-10H,(H,25,26). The van der Waals surface area contributed by atoms with Crippen molar-refractivity contribution in [2.75, 3.05) is 5.32 Å². The zero-order valence-electron chi connectivity index (χ0n) is 13.7. The third-order valence-corrected chi connectivity index (χ3v) is 5.78. The molecule has 27 heavy (non-hydrogen) atoms. The first kappa shape index (κ1) is 18.3. The van der Waals surface area contributed by atoms with Crippen molar-refractivity contribution in [3.8, 4) is 10.6 Å². The van der Waals surface area contributed by atoms with E-state index in [1.54, 1.807) is 24.3 Å². The Morgan fingerprint density at radius 3 is 2.56 bits per heavy atom. The quantitative estimate of drug-likeness (QED) is 0.372. The van der Waals surface area contributed by atoms with Gasteiger partial charge in [0.1, 0.15) is 0 Å². The lowest BCUT2D eigenvalue weighted by Gasteiger charge is -2.11. The number of fused-ring (bicyclic) bond motifs is 1. The molecule has 0 aliphatic carbocycles. The highest BCUT2D eigenvalue weighted by Crippen LogP contribution is 2.33. The number of halogens is 3. The second kappa shape index (κ2) is 7.49. The van der Waals surface area contributed by atoms with E-state index in [9.17, 15) is 4.79 Å². The molecule has 0 fully saturated rings. The minimum atomic E-state index is -0.290. The molecule has 1 N–H and O–H groups in total. The fourth-order valence-corrected chi connectivity index (χ4v) is 4.07. The number of thiophene rings is 1. The minimum Gasteiger partial charge on any atom is -0.321 e. The first-order valence-electron chi connectivity index (χ1n) is 7.93. The molecule has 4 rings (SSSR count). The Bertz CT molecular complexity index is 1170. The fraction of sp³-hybridized carbons (Fsp3) is 0. The Hall–Kier alpha value is -2.11. The number of benzene rings is 2. The van der Waals surface area contributed by atoms with E-state index < -0.39 is 0 Å². The predicted molar refractivity (Wildman–Crippen MR) is 114 cm³/mol. The van der Waals surface area contributed by atoms with Gasteiger partial charge in [0.05, 0.1) is 36.7 Å². The van der Waals surface area contributed by atoms with Crippen LogP contribution in [-0.2, 0) is 0 Å². The van der Waals surface area contributed by atoms with E-state index in [-0.39, 0.29) is 5.91 Å². The Balaban J connectivity index is 1.82. The number of nitrogens with one attached hydrogen (secondary N) is 1. The normalized spacial score (nSPS) is 10.9. The van der Waals surface area contributed by atoms with Crippen LogP contribution in [0.5, 0.6) is 0 Å². The van der Waals surface area contributed by atoms with Crippen LogP contribution < -0.4 is 5.32 Å². The molecular formula is C20H11Cl3N2OS. The van der Waals surface area contributed by atoms with Crippen LogP contribution in [0.15, 0.2) is 60.7 Å². The molecule has 2 heterocycles. The van der Waals surface area contributed by atoms with Gasteiger partial charge in [0.25, 0.3) is 5.91 Å². The summed E-state index contributed by atoms with van der Waals surface area (Å²) in [5, 5.41) is 4.49. The highest BCUT2D eigenvalue weighted by Gasteiger charge is 2.16. The van der Waals surface area contributed by atoms with Crippen molar-refractivity contribution >= 4 is 68.6 Å². The number of aromatic nitrogens is 1. The van der Waals surface area contributed by atoms with E-state index in [0.717, 1.165) is 15.8 Å². The summed E-state index contributed by atoms with van der Waals surface area (Å²) in [5.41, 5.74) is 2.36. The van der Waals surface area contributed by atoms with Gasteiger partial charge >= 0.3 is 0 Å². The number of anilines is 1. The zero-order valence-corrected chi connectivity index (χ0v) is 16.8. The van der Waals surface area contributed by atoms with Crippen molar-refractivity contribution in [2.24, 2.45) is 0 Å². The van der Waals surface area contributed by atoms with Crippen LogP contribution in [0, 0.1) is 0 Å². The van der Waals surface area contributed by atoms with Gasteiger partial charge in [-0.15, -0.1) is 11.3 Å². The summed E-state index contributed by atoms with van der Waals surface area (Å²) < 4.78 is 0.664. The summed E-state index contributed by atoms with van der Waals surface area (Å²) in [4.78, 5) is 18.6.